The number of aryl methyl sites for hydroxylation is 1. The highest BCUT2D eigenvalue weighted by atomic mass is 32.1. The monoisotopic (exact) mass is 588 g/mol. The van der Waals surface area contributed by atoms with Crippen LogP contribution in [0.2, 0.25) is 0 Å². The molecule has 4 aliphatic rings. The fourth-order valence-electron chi connectivity index (χ4n) is 7.95. The van der Waals surface area contributed by atoms with Crippen LogP contribution >= 0.6 is 23.6 Å². The van der Waals surface area contributed by atoms with Crippen LogP contribution in [0.5, 0.6) is 0 Å². The summed E-state index contributed by atoms with van der Waals surface area (Å²) in [6, 6.07) is 20.2. The Morgan fingerprint density at radius 1 is 0.902 bits per heavy atom. The number of thiazole rings is 1. The van der Waals surface area contributed by atoms with Gasteiger partial charge in [0.25, 0.3) is 0 Å². The zero-order chi connectivity index (χ0) is 26.5. The molecule has 3 aromatic rings. The van der Waals surface area contributed by atoms with Crippen molar-refractivity contribution in [1.29, 1.82) is 0 Å². The first-order valence-corrected chi connectivity index (χ1v) is 15.2. The summed E-state index contributed by atoms with van der Waals surface area (Å²) in [6.07, 6.45) is 10.3. The van der Waals surface area contributed by atoms with Gasteiger partial charge in [0.15, 0.2) is 0 Å². The number of allylic oxidation sites excluding steroid dienone is 2. The minimum absolute atomic E-state index is 0. The molecular weight excluding hydrogens is 541 g/mol. The Labute approximate surface area is 257 Å². The van der Waals surface area contributed by atoms with E-state index in [9.17, 15) is 4.79 Å². The molecule has 1 aromatic heterocycles. The SMILES string of the molecule is C.C.C.C[C@]12CCc3nc(-c4ccccc4)sc3C1=CC[C@@H]1[C@@H]2CC[C@]2(C)C(=O)CC[C@@H]12.NC(=S)c1ccccc1. The molecule has 0 amide bonds. The number of hydrogen-bond donors (Lipinski definition) is 1. The summed E-state index contributed by atoms with van der Waals surface area (Å²) < 4.78 is 0. The number of Topliss-reactive ketones (excluding diaryl/α,β-unsaturated/α-hetero) is 1. The Hall–Kier alpha value is -2.63. The maximum Gasteiger partial charge on any atom is 0.139 e. The summed E-state index contributed by atoms with van der Waals surface area (Å²) >= 11 is 6.64. The second-order valence-electron chi connectivity index (χ2n) is 12.0. The number of rotatable bonds is 2. The fourth-order valence-corrected chi connectivity index (χ4v) is 9.38. The Morgan fingerprint density at radius 2 is 1.54 bits per heavy atom. The highest BCUT2D eigenvalue weighted by Gasteiger charge is 2.58. The van der Waals surface area contributed by atoms with Crippen molar-refractivity contribution < 1.29 is 4.79 Å². The first kappa shape index (κ1) is 32.9. The van der Waals surface area contributed by atoms with Crippen molar-refractivity contribution >= 4 is 39.9 Å². The van der Waals surface area contributed by atoms with Crippen molar-refractivity contribution in [3.05, 3.63) is 82.9 Å². The van der Waals surface area contributed by atoms with Gasteiger partial charge < -0.3 is 5.73 Å². The number of benzene rings is 2. The van der Waals surface area contributed by atoms with Crippen LogP contribution in [0, 0.1) is 28.6 Å². The second kappa shape index (κ2) is 12.7. The lowest BCUT2D eigenvalue weighted by molar-refractivity contribution is -0.131. The number of hydrogen-bond acceptors (Lipinski definition) is 4. The lowest BCUT2D eigenvalue weighted by Crippen LogP contribution is -2.49. The third-order valence-corrected chi connectivity index (χ3v) is 11.5. The molecule has 0 bridgehead atoms. The molecule has 5 atom stereocenters. The number of ketones is 1. The van der Waals surface area contributed by atoms with Crippen LogP contribution in [0.15, 0.2) is 66.7 Å². The molecule has 41 heavy (non-hydrogen) atoms. The normalized spacial score (nSPS) is 28.8. The van der Waals surface area contributed by atoms with Gasteiger partial charge in [0.05, 0.1) is 10.6 Å². The van der Waals surface area contributed by atoms with Crippen molar-refractivity contribution in [3.8, 4) is 10.6 Å². The van der Waals surface area contributed by atoms with Crippen molar-refractivity contribution in [3.63, 3.8) is 0 Å². The predicted octanol–water partition coefficient (Wildman–Crippen LogP) is 9.79. The highest BCUT2D eigenvalue weighted by Crippen LogP contribution is 2.65. The predicted molar refractivity (Wildman–Crippen MR) is 181 cm³/mol. The Morgan fingerprint density at radius 3 is 2.17 bits per heavy atom. The summed E-state index contributed by atoms with van der Waals surface area (Å²) in [5.41, 5.74) is 10.6. The van der Waals surface area contributed by atoms with Crippen molar-refractivity contribution in [2.24, 2.45) is 34.3 Å². The van der Waals surface area contributed by atoms with E-state index in [-0.39, 0.29) is 33.1 Å². The Bertz CT molecular complexity index is 1400. The maximum atomic E-state index is 12.6. The first-order valence-electron chi connectivity index (χ1n) is 14.0. The Kier molecular flexibility index (Phi) is 10.2. The molecule has 0 unspecified atom stereocenters. The van der Waals surface area contributed by atoms with Gasteiger partial charge in [-0.2, -0.15) is 0 Å². The fraction of sp³-hybridized carbons (Fsp3) is 0.472. The molecule has 0 radical (unpaired) electrons. The summed E-state index contributed by atoms with van der Waals surface area (Å²) in [7, 11) is 0. The van der Waals surface area contributed by atoms with E-state index < -0.39 is 0 Å². The molecule has 2 fully saturated rings. The molecule has 7 rings (SSSR count). The van der Waals surface area contributed by atoms with E-state index in [0.717, 1.165) is 43.6 Å². The van der Waals surface area contributed by atoms with Gasteiger partial charge >= 0.3 is 0 Å². The third-order valence-electron chi connectivity index (χ3n) is 10.1. The van der Waals surface area contributed by atoms with Gasteiger partial charge in [0, 0.05) is 23.0 Å². The average molecular weight is 589 g/mol. The number of carbonyl (C=O) groups is 1. The van der Waals surface area contributed by atoms with Gasteiger partial charge in [-0.05, 0) is 67.3 Å². The van der Waals surface area contributed by atoms with E-state index in [0.29, 0.717) is 22.6 Å². The van der Waals surface area contributed by atoms with Gasteiger partial charge in [0.1, 0.15) is 15.8 Å². The van der Waals surface area contributed by atoms with E-state index in [4.69, 9.17) is 22.9 Å². The minimum atomic E-state index is -0.0341. The lowest BCUT2D eigenvalue weighted by atomic mass is 9.48. The quantitative estimate of drug-likeness (QED) is 0.303. The molecule has 2 aromatic carbocycles. The largest absolute Gasteiger partial charge is 0.389 e. The van der Waals surface area contributed by atoms with Crippen molar-refractivity contribution in [2.75, 3.05) is 0 Å². The molecule has 0 saturated heterocycles. The molecule has 0 aliphatic heterocycles. The molecule has 1 heterocycles. The summed E-state index contributed by atoms with van der Waals surface area (Å²) in [4.78, 5) is 19.6. The van der Waals surface area contributed by atoms with Crippen molar-refractivity contribution in [2.45, 2.75) is 81.1 Å². The maximum absolute atomic E-state index is 12.6. The van der Waals surface area contributed by atoms with Crippen LogP contribution in [0.25, 0.3) is 16.1 Å². The summed E-state index contributed by atoms with van der Waals surface area (Å²) in [5, 5.41) is 1.17. The smallest absolute Gasteiger partial charge is 0.139 e. The lowest BCUT2D eigenvalue weighted by Gasteiger charge is -2.55. The zero-order valence-electron chi connectivity index (χ0n) is 22.3. The second-order valence-corrected chi connectivity index (χ2v) is 13.4. The average Bonchev–Trinajstić information content (AvgIpc) is 3.50. The van der Waals surface area contributed by atoms with Crippen LogP contribution < -0.4 is 5.73 Å². The number of aromatic nitrogens is 1. The van der Waals surface area contributed by atoms with E-state index in [1.54, 1.807) is 5.57 Å². The van der Waals surface area contributed by atoms with Gasteiger partial charge in [0.2, 0.25) is 0 Å². The number of carbonyl (C=O) groups excluding carboxylic acids is 1. The molecule has 2 saturated carbocycles. The van der Waals surface area contributed by atoms with Gasteiger partial charge in [-0.25, -0.2) is 4.98 Å². The molecule has 220 valence electrons. The highest BCUT2D eigenvalue weighted by molar-refractivity contribution is 7.80. The van der Waals surface area contributed by atoms with E-state index in [1.165, 1.54) is 34.0 Å². The van der Waals surface area contributed by atoms with Gasteiger partial charge in [-0.15, -0.1) is 11.3 Å². The van der Waals surface area contributed by atoms with Crippen LogP contribution in [0.3, 0.4) is 0 Å². The third kappa shape index (κ3) is 5.60. The Balaban J connectivity index is 0.000000335. The standard InChI is InChI=1S/C26H29NOS.C7H7NS.3CH4/c1-25-15-13-21-23(29-24(27-21)16-6-4-3-5-7-16)20(25)9-8-17-18-10-11-22(28)26(18,2)14-12-19(17)25;8-7(9)6-4-2-1-3-5-6;;;/h3-7,9,17-19H,8,10-15H2,1-2H3;1-5H,(H2,8,9);3*1H4/t17-,18-,19-,25+,26-;;;;/m0..../s1. The van der Waals surface area contributed by atoms with Crippen LogP contribution in [0.4, 0.5) is 0 Å². The van der Waals surface area contributed by atoms with Gasteiger partial charge in [-0.3, -0.25) is 4.79 Å². The number of fused-ring (bicyclic) bond motifs is 7. The molecular formula is C36H48N2OS2. The van der Waals surface area contributed by atoms with Gasteiger partial charge in [-0.1, -0.05) is 115 Å². The molecule has 3 nitrogen and oxygen atoms in total. The van der Waals surface area contributed by atoms with E-state index in [2.05, 4.69) is 50.3 Å². The van der Waals surface area contributed by atoms with E-state index >= 15 is 0 Å². The zero-order valence-corrected chi connectivity index (χ0v) is 23.9. The minimum Gasteiger partial charge on any atom is -0.389 e. The molecule has 4 aliphatic carbocycles. The molecule has 2 N–H and O–H groups in total. The molecule has 0 spiro atoms. The van der Waals surface area contributed by atoms with Crippen molar-refractivity contribution in [1.82, 2.24) is 4.98 Å². The van der Waals surface area contributed by atoms with Crippen LogP contribution in [-0.2, 0) is 11.2 Å². The number of nitrogens with zero attached hydrogens (tertiary/aromatic N) is 1. The topological polar surface area (TPSA) is 56.0 Å². The van der Waals surface area contributed by atoms with Crippen LogP contribution in [0.1, 0.15) is 90.8 Å². The number of nitrogens with two attached hydrogens (primary N) is 1. The van der Waals surface area contributed by atoms with E-state index in [1.807, 2.05) is 41.7 Å². The summed E-state index contributed by atoms with van der Waals surface area (Å²) in [5.74, 6) is 2.56. The number of thiocarbonyl (C=S) groups is 1. The first-order chi connectivity index (χ1) is 18.3. The summed E-state index contributed by atoms with van der Waals surface area (Å²) in [6.45, 7) is 4.80. The molecule has 5 heteroatoms. The van der Waals surface area contributed by atoms with Crippen LogP contribution in [-0.4, -0.2) is 15.8 Å².